The van der Waals surface area contributed by atoms with Crippen LogP contribution in [0, 0.1) is 0 Å². The summed E-state index contributed by atoms with van der Waals surface area (Å²) >= 11 is 0. The van der Waals surface area contributed by atoms with Gasteiger partial charge in [0.25, 0.3) is 0 Å². The quantitative estimate of drug-likeness (QED) is 0.0373. The van der Waals surface area contributed by atoms with Crippen molar-refractivity contribution in [3.63, 3.8) is 0 Å². The molecule has 0 radical (unpaired) electrons. The summed E-state index contributed by atoms with van der Waals surface area (Å²) in [6, 6.07) is 0. The van der Waals surface area contributed by atoms with Crippen LogP contribution in [-0.2, 0) is 19.1 Å². The van der Waals surface area contributed by atoms with Gasteiger partial charge in [0.05, 0.1) is 6.61 Å². The van der Waals surface area contributed by atoms with E-state index in [9.17, 15) is 14.7 Å². The minimum atomic E-state index is -0.816. The summed E-state index contributed by atoms with van der Waals surface area (Å²) in [7, 11) is 0. The van der Waals surface area contributed by atoms with E-state index in [2.05, 4.69) is 220 Å². The number of hydrogen-bond acceptors (Lipinski definition) is 5. The van der Waals surface area contributed by atoms with E-state index in [-0.39, 0.29) is 25.2 Å². The molecule has 5 nitrogen and oxygen atoms in total. The fourth-order valence-corrected chi connectivity index (χ4v) is 7.21. The predicted molar refractivity (Wildman–Crippen MR) is 333 cm³/mol. The normalized spacial score (nSPS) is 13.8. The molecule has 0 heterocycles. The molecule has 1 atom stereocenters. The number of aliphatic hydroxyl groups excluding tert-OH is 1. The summed E-state index contributed by atoms with van der Waals surface area (Å²) in [5.41, 5.74) is 0. The van der Waals surface area contributed by atoms with Gasteiger partial charge >= 0.3 is 11.9 Å². The summed E-state index contributed by atoms with van der Waals surface area (Å²) < 4.78 is 10.7. The number of carbonyl (C=O) groups excluding carboxylic acids is 2. The first kappa shape index (κ1) is 70.5. The van der Waals surface area contributed by atoms with Crippen molar-refractivity contribution in [2.24, 2.45) is 0 Å². The molecule has 0 fully saturated rings. The summed E-state index contributed by atoms with van der Waals surface area (Å²) in [6.45, 7) is 3.85. The molecule has 5 heteroatoms. The molecular weight excluding hydrogens is 933 g/mol. The molecule has 0 rings (SSSR count). The van der Waals surface area contributed by atoms with E-state index in [0.717, 1.165) is 154 Å². The number of rotatable bonds is 51. The lowest BCUT2D eigenvalue weighted by molar-refractivity contribution is -0.161. The Balaban J connectivity index is 3.71. The summed E-state index contributed by atoms with van der Waals surface area (Å²) in [6.07, 6.45) is 104. The van der Waals surface area contributed by atoms with Crippen LogP contribution >= 0.6 is 0 Å². The molecule has 0 aliphatic carbocycles. The Morgan fingerprint density at radius 3 is 0.816 bits per heavy atom. The zero-order valence-electron chi connectivity index (χ0n) is 47.9. The van der Waals surface area contributed by atoms with Crippen molar-refractivity contribution in [1.82, 2.24) is 0 Å². The second kappa shape index (κ2) is 63.8. The van der Waals surface area contributed by atoms with Crippen LogP contribution in [-0.4, -0.2) is 36.4 Å². The first-order valence-corrected chi connectivity index (χ1v) is 29.6. The molecular formula is C71H106O5. The Labute approximate surface area is 466 Å². The maximum atomic E-state index is 12.3. The monoisotopic (exact) mass is 1040 g/mol. The van der Waals surface area contributed by atoms with Gasteiger partial charge in [-0.25, -0.2) is 0 Å². The molecule has 0 aliphatic rings. The van der Waals surface area contributed by atoms with E-state index in [1.165, 1.54) is 25.7 Å². The Morgan fingerprint density at radius 1 is 0.303 bits per heavy atom. The highest BCUT2D eigenvalue weighted by molar-refractivity contribution is 5.70. The number of esters is 2. The molecule has 420 valence electrons. The minimum Gasteiger partial charge on any atom is -0.462 e. The van der Waals surface area contributed by atoms with Gasteiger partial charge in [0.1, 0.15) is 6.61 Å². The highest BCUT2D eigenvalue weighted by atomic mass is 16.6. The molecule has 0 saturated carbocycles. The number of unbranched alkanes of at least 4 members (excludes halogenated alkanes) is 9. The van der Waals surface area contributed by atoms with E-state index in [1.54, 1.807) is 0 Å². The molecule has 76 heavy (non-hydrogen) atoms. The van der Waals surface area contributed by atoms with Gasteiger partial charge in [0.2, 0.25) is 0 Å². The van der Waals surface area contributed by atoms with Crippen LogP contribution < -0.4 is 0 Å². The molecule has 0 aromatic heterocycles. The highest BCUT2D eigenvalue weighted by Gasteiger charge is 2.16. The summed E-state index contributed by atoms with van der Waals surface area (Å²) in [4.78, 5) is 24.5. The standard InChI is InChI=1S/C71H106O5/c1-3-5-7-9-11-13-15-17-19-21-23-25-27-29-31-32-33-34-35-36-37-38-40-42-44-46-48-50-52-54-56-58-60-62-64-66-71(74)76-69(67-72)68-75-70(73)65-63-61-59-57-55-53-51-49-47-45-43-41-39-30-28-26-24-22-20-18-16-14-12-10-8-6-4-2/h5-8,11-14,17-20,23-26,29-31,33-34,36-37,39-40,42-43,45-46,48-49,51,55,57,69,72H,3-4,9-10,15-16,21-22,27-28,32,35,38,41,44,47,50,52-54,56,58-68H2,1-2H3/b7-5-,8-6-,13-11-,14-12-,19-17-,20-18-,25-23-,26-24-,31-29-,34-33-,37-36-,39-30-,42-40-,45-43-,48-46-,51-49-,57-55-. The van der Waals surface area contributed by atoms with Crippen molar-refractivity contribution in [3.8, 4) is 0 Å². The number of allylic oxidation sites excluding steroid dienone is 34. The van der Waals surface area contributed by atoms with E-state index in [4.69, 9.17) is 9.47 Å². The lowest BCUT2D eigenvalue weighted by atomic mass is 10.1. The van der Waals surface area contributed by atoms with Crippen LogP contribution in [0.25, 0.3) is 0 Å². The zero-order valence-corrected chi connectivity index (χ0v) is 47.9. The molecule has 1 unspecified atom stereocenters. The Bertz CT molecular complexity index is 1840. The van der Waals surface area contributed by atoms with Crippen molar-refractivity contribution in [1.29, 1.82) is 0 Å². The molecule has 0 saturated heterocycles. The van der Waals surface area contributed by atoms with Crippen molar-refractivity contribution >= 4 is 11.9 Å². The number of aliphatic hydroxyl groups is 1. The van der Waals surface area contributed by atoms with Crippen molar-refractivity contribution < 1.29 is 24.2 Å². The maximum absolute atomic E-state index is 12.3. The molecule has 0 bridgehead atoms. The zero-order chi connectivity index (χ0) is 54.8. The Hall–Kier alpha value is -5.52. The highest BCUT2D eigenvalue weighted by Crippen LogP contribution is 2.12. The molecule has 1 N–H and O–H groups in total. The average molecular weight is 1040 g/mol. The number of ether oxygens (including phenoxy) is 2. The van der Waals surface area contributed by atoms with E-state index in [0.29, 0.717) is 12.8 Å². The fourth-order valence-electron chi connectivity index (χ4n) is 7.21. The van der Waals surface area contributed by atoms with Crippen LogP contribution in [0.2, 0.25) is 0 Å². The maximum Gasteiger partial charge on any atom is 0.306 e. The van der Waals surface area contributed by atoms with E-state index < -0.39 is 6.10 Å². The molecule has 0 amide bonds. The van der Waals surface area contributed by atoms with Crippen LogP contribution in [0.5, 0.6) is 0 Å². The van der Waals surface area contributed by atoms with Crippen molar-refractivity contribution in [3.05, 3.63) is 207 Å². The third-order valence-electron chi connectivity index (χ3n) is 11.6. The van der Waals surface area contributed by atoms with E-state index >= 15 is 0 Å². The smallest absolute Gasteiger partial charge is 0.306 e. The van der Waals surface area contributed by atoms with Gasteiger partial charge < -0.3 is 14.6 Å². The fraction of sp³-hybridized carbons (Fsp3) is 0.493. The van der Waals surface area contributed by atoms with Gasteiger partial charge in [-0.2, -0.15) is 0 Å². The Kier molecular flexibility index (Phi) is 59.1. The largest absolute Gasteiger partial charge is 0.462 e. The van der Waals surface area contributed by atoms with Gasteiger partial charge in [0, 0.05) is 12.8 Å². The lowest BCUT2D eigenvalue weighted by Gasteiger charge is -2.15. The van der Waals surface area contributed by atoms with Crippen LogP contribution in [0.1, 0.15) is 206 Å². The van der Waals surface area contributed by atoms with Crippen molar-refractivity contribution in [2.45, 2.75) is 213 Å². The van der Waals surface area contributed by atoms with Crippen LogP contribution in [0.4, 0.5) is 0 Å². The molecule has 0 aliphatic heterocycles. The van der Waals surface area contributed by atoms with Crippen LogP contribution in [0.15, 0.2) is 207 Å². The minimum absolute atomic E-state index is 0.109. The first-order chi connectivity index (χ1) is 37.6. The first-order valence-electron chi connectivity index (χ1n) is 29.6. The Morgan fingerprint density at radius 2 is 0.526 bits per heavy atom. The lowest BCUT2D eigenvalue weighted by Crippen LogP contribution is -2.28. The van der Waals surface area contributed by atoms with Gasteiger partial charge in [-0.05, 0) is 148 Å². The summed E-state index contributed by atoms with van der Waals surface area (Å²) in [5, 5.41) is 9.66. The predicted octanol–water partition coefficient (Wildman–Crippen LogP) is 20.6. The van der Waals surface area contributed by atoms with Gasteiger partial charge in [-0.1, -0.05) is 253 Å². The van der Waals surface area contributed by atoms with Gasteiger partial charge in [-0.15, -0.1) is 0 Å². The molecule has 0 aromatic rings. The van der Waals surface area contributed by atoms with Crippen molar-refractivity contribution in [2.75, 3.05) is 13.2 Å². The topological polar surface area (TPSA) is 72.8 Å². The number of carbonyl (C=O) groups is 2. The summed E-state index contributed by atoms with van der Waals surface area (Å²) in [5.74, 6) is -0.674. The molecule has 0 spiro atoms. The average Bonchev–Trinajstić information content (AvgIpc) is 3.42. The SMILES string of the molecule is CC/C=C\C/C=C\C/C=C\C/C=C\C/C=C\C/C=C\C/C=C\C/C=C\C/C=C\CCCCCCCCCC(=O)OC(CO)COC(=O)CCCC/C=C\C/C=C\C/C=C\C/C=C\C/C=C\C/C=C\C/C=C\C/C=C\CC. The van der Waals surface area contributed by atoms with E-state index in [1.807, 2.05) is 0 Å². The van der Waals surface area contributed by atoms with Gasteiger partial charge in [-0.3, -0.25) is 9.59 Å². The van der Waals surface area contributed by atoms with Crippen LogP contribution in [0.3, 0.4) is 0 Å². The third-order valence-corrected chi connectivity index (χ3v) is 11.6. The number of hydrogen-bond donors (Lipinski definition) is 1. The van der Waals surface area contributed by atoms with Gasteiger partial charge in [0.15, 0.2) is 6.10 Å². The molecule has 0 aromatic carbocycles. The second-order valence-electron chi connectivity index (χ2n) is 18.6. The second-order valence-corrected chi connectivity index (χ2v) is 18.6. The third kappa shape index (κ3) is 61.0.